The van der Waals surface area contributed by atoms with Gasteiger partial charge in [-0.05, 0) is 12.1 Å². The molecule has 4 heteroatoms. The van der Waals surface area contributed by atoms with E-state index in [1.807, 2.05) is 0 Å². The van der Waals surface area contributed by atoms with E-state index in [1.54, 1.807) is 0 Å². The van der Waals surface area contributed by atoms with E-state index in [-0.39, 0.29) is 11.1 Å². The molecule has 0 radical (unpaired) electrons. The van der Waals surface area contributed by atoms with Gasteiger partial charge in [0.25, 0.3) is 0 Å². The number of hydrogen-bond donors (Lipinski definition) is 0. The molecule has 1 heterocycles. The zero-order valence-electron chi connectivity index (χ0n) is 8.15. The van der Waals surface area contributed by atoms with Gasteiger partial charge in [0.15, 0.2) is 0 Å². The Balaban J connectivity index is 2.52. The van der Waals surface area contributed by atoms with Crippen LogP contribution in [0.15, 0.2) is 36.7 Å². The Morgan fingerprint density at radius 3 is 2.56 bits per heavy atom. The van der Waals surface area contributed by atoms with Gasteiger partial charge in [0, 0.05) is 22.9 Å². The molecule has 80 valence electrons. The average molecular weight is 219 g/mol. The molecule has 16 heavy (non-hydrogen) atoms. The number of carbonyl (C=O) groups is 1. The highest BCUT2D eigenvalue weighted by Crippen LogP contribution is 2.22. The Hall–Kier alpha value is -2.10. The van der Waals surface area contributed by atoms with Crippen molar-refractivity contribution in [1.29, 1.82) is 0 Å². The molecule has 0 saturated heterocycles. The molecule has 0 aliphatic heterocycles. The van der Waals surface area contributed by atoms with Gasteiger partial charge >= 0.3 is 0 Å². The minimum Gasteiger partial charge on any atom is -0.298 e. The van der Waals surface area contributed by atoms with Crippen molar-refractivity contribution in [1.82, 2.24) is 4.98 Å². The van der Waals surface area contributed by atoms with Crippen LogP contribution in [0.3, 0.4) is 0 Å². The van der Waals surface area contributed by atoms with E-state index in [0.717, 1.165) is 12.3 Å². The van der Waals surface area contributed by atoms with E-state index in [0.29, 0.717) is 11.8 Å². The molecule has 1 aromatic heterocycles. The van der Waals surface area contributed by atoms with Gasteiger partial charge in [-0.3, -0.25) is 9.78 Å². The fourth-order valence-corrected chi connectivity index (χ4v) is 1.40. The van der Waals surface area contributed by atoms with Crippen molar-refractivity contribution >= 4 is 6.29 Å². The minimum absolute atomic E-state index is 0.220. The van der Waals surface area contributed by atoms with Gasteiger partial charge in [-0.2, -0.15) is 0 Å². The zero-order valence-corrected chi connectivity index (χ0v) is 8.15. The molecule has 0 aliphatic rings. The molecule has 0 aliphatic carbocycles. The maximum Gasteiger partial charge on any atom is 0.150 e. The van der Waals surface area contributed by atoms with Crippen LogP contribution in [0, 0.1) is 11.6 Å². The lowest BCUT2D eigenvalue weighted by Crippen LogP contribution is -1.89. The Labute approximate surface area is 90.6 Å². The number of rotatable bonds is 2. The number of pyridine rings is 1. The van der Waals surface area contributed by atoms with E-state index in [4.69, 9.17) is 0 Å². The molecule has 0 N–H and O–H groups in total. The van der Waals surface area contributed by atoms with Crippen LogP contribution in [0.1, 0.15) is 10.4 Å². The molecule has 0 bridgehead atoms. The zero-order chi connectivity index (χ0) is 11.5. The third-order valence-corrected chi connectivity index (χ3v) is 2.15. The molecule has 2 aromatic rings. The Morgan fingerprint density at radius 2 is 1.94 bits per heavy atom. The number of benzene rings is 1. The topological polar surface area (TPSA) is 30.0 Å². The van der Waals surface area contributed by atoms with Crippen molar-refractivity contribution < 1.29 is 13.6 Å². The SMILES string of the molecule is O=Cc1ccc(-c2cncc(F)c2)c(F)c1. The Morgan fingerprint density at radius 1 is 1.12 bits per heavy atom. The van der Waals surface area contributed by atoms with Gasteiger partial charge in [-0.1, -0.05) is 12.1 Å². The molecule has 2 nitrogen and oxygen atoms in total. The summed E-state index contributed by atoms with van der Waals surface area (Å²) in [4.78, 5) is 14.1. The summed E-state index contributed by atoms with van der Waals surface area (Å²) in [6, 6.07) is 5.19. The van der Waals surface area contributed by atoms with Gasteiger partial charge in [-0.25, -0.2) is 8.78 Å². The summed E-state index contributed by atoms with van der Waals surface area (Å²) in [5, 5.41) is 0. The minimum atomic E-state index is -0.572. The van der Waals surface area contributed by atoms with Crippen molar-refractivity contribution in [3.05, 3.63) is 53.9 Å². The predicted molar refractivity (Wildman–Crippen MR) is 55.0 cm³/mol. The summed E-state index contributed by atoms with van der Waals surface area (Å²) < 4.78 is 26.4. The number of hydrogen-bond acceptors (Lipinski definition) is 2. The maximum absolute atomic E-state index is 13.5. The predicted octanol–water partition coefficient (Wildman–Crippen LogP) is 2.84. The Kier molecular flexibility index (Phi) is 2.72. The molecular weight excluding hydrogens is 212 g/mol. The molecule has 0 saturated carbocycles. The van der Waals surface area contributed by atoms with E-state index >= 15 is 0 Å². The van der Waals surface area contributed by atoms with E-state index < -0.39 is 11.6 Å². The first-order valence-corrected chi connectivity index (χ1v) is 4.56. The first kappa shape index (κ1) is 10.4. The third kappa shape index (κ3) is 1.95. The fourth-order valence-electron chi connectivity index (χ4n) is 1.40. The van der Waals surface area contributed by atoms with Crippen molar-refractivity contribution in [2.75, 3.05) is 0 Å². The fraction of sp³-hybridized carbons (Fsp3) is 0. The number of nitrogens with zero attached hydrogens (tertiary/aromatic N) is 1. The smallest absolute Gasteiger partial charge is 0.150 e. The summed E-state index contributed by atoms with van der Waals surface area (Å²) in [7, 11) is 0. The number of carbonyl (C=O) groups excluding carboxylic acids is 1. The molecule has 0 atom stereocenters. The number of aldehydes is 1. The van der Waals surface area contributed by atoms with Gasteiger partial charge < -0.3 is 0 Å². The summed E-state index contributed by atoms with van der Waals surface area (Å²) in [6.07, 6.45) is 2.96. The lowest BCUT2D eigenvalue weighted by Gasteiger charge is -2.03. The summed E-state index contributed by atoms with van der Waals surface area (Å²) >= 11 is 0. The quantitative estimate of drug-likeness (QED) is 0.727. The second-order valence-corrected chi connectivity index (χ2v) is 3.25. The lowest BCUT2D eigenvalue weighted by atomic mass is 10.1. The van der Waals surface area contributed by atoms with Gasteiger partial charge in [0.2, 0.25) is 0 Å². The highest BCUT2D eigenvalue weighted by atomic mass is 19.1. The highest BCUT2D eigenvalue weighted by Gasteiger charge is 2.07. The summed E-state index contributed by atoms with van der Waals surface area (Å²) in [6.45, 7) is 0. The van der Waals surface area contributed by atoms with Crippen molar-refractivity contribution in [2.24, 2.45) is 0 Å². The van der Waals surface area contributed by atoms with Crippen LogP contribution in [0.25, 0.3) is 11.1 Å². The highest BCUT2D eigenvalue weighted by molar-refractivity contribution is 5.77. The molecule has 2 rings (SSSR count). The average Bonchev–Trinajstić information content (AvgIpc) is 2.28. The maximum atomic E-state index is 13.5. The van der Waals surface area contributed by atoms with Gasteiger partial charge in [0.05, 0.1) is 6.20 Å². The Bertz CT molecular complexity index is 540. The van der Waals surface area contributed by atoms with Crippen LogP contribution >= 0.6 is 0 Å². The summed E-state index contributed by atoms with van der Waals surface area (Å²) in [5.74, 6) is -1.10. The van der Waals surface area contributed by atoms with Crippen LogP contribution in [-0.4, -0.2) is 11.3 Å². The monoisotopic (exact) mass is 219 g/mol. The first-order valence-electron chi connectivity index (χ1n) is 4.56. The largest absolute Gasteiger partial charge is 0.298 e. The van der Waals surface area contributed by atoms with Crippen LogP contribution in [-0.2, 0) is 0 Å². The van der Waals surface area contributed by atoms with E-state index in [9.17, 15) is 13.6 Å². The van der Waals surface area contributed by atoms with Crippen molar-refractivity contribution in [3.8, 4) is 11.1 Å². The number of halogens is 2. The second-order valence-electron chi connectivity index (χ2n) is 3.25. The van der Waals surface area contributed by atoms with Crippen LogP contribution in [0.2, 0.25) is 0 Å². The molecular formula is C12H7F2NO. The van der Waals surface area contributed by atoms with Gasteiger partial charge in [-0.15, -0.1) is 0 Å². The van der Waals surface area contributed by atoms with Crippen molar-refractivity contribution in [2.45, 2.75) is 0 Å². The molecule has 0 unspecified atom stereocenters. The standard InChI is InChI=1S/C12H7F2NO/c13-10-4-9(5-15-6-10)11-2-1-8(7-16)3-12(11)14/h1-7H. The second kappa shape index (κ2) is 4.18. The molecule has 0 fully saturated rings. The van der Waals surface area contributed by atoms with E-state index in [1.165, 1.54) is 24.4 Å². The van der Waals surface area contributed by atoms with Crippen LogP contribution in [0.4, 0.5) is 8.78 Å². The number of aromatic nitrogens is 1. The lowest BCUT2D eigenvalue weighted by molar-refractivity contribution is 0.112. The molecule has 0 amide bonds. The summed E-state index contributed by atoms with van der Waals surface area (Å²) in [5.41, 5.74) is 0.804. The van der Waals surface area contributed by atoms with E-state index in [2.05, 4.69) is 4.98 Å². The van der Waals surface area contributed by atoms with Crippen LogP contribution in [0.5, 0.6) is 0 Å². The van der Waals surface area contributed by atoms with Crippen LogP contribution < -0.4 is 0 Å². The first-order chi connectivity index (χ1) is 7.70. The molecule has 0 spiro atoms. The van der Waals surface area contributed by atoms with Crippen molar-refractivity contribution in [3.63, 3.8) is 0 Å². The normalized spacial score (nSPS) is 10.1. The molecule has 1 aromatic carbocycles. The van der Waals surface area contributed by atoms with Gasteiger partial charge in [0.1, 0.15) is 17.9 Å². The third-order valence-electron chi connectivity index (χ3n) is 2.15.